The predicted octanol–water partition coefficient (Wildman–Crippen LogP) is 1.78. The summed E-state index contributed by atoms with van der Waals surface area (Å²) in [7, 11) is 2.09. The zero-order chi connectivity index (χ0) is 9.56. The molecular weight excluding hydrogens is 168 g/mol. The summed E-state index contributed by atoms with van der Waals surface area (Å²) in [5.41, 5.74) is 5.61. The van der Waals surface area contributed by atoms with E-state index in [4.69, 9.17) is 18.0 Å². The van der Waals surface area contributed by atoms with Gasteiger partial charge < -0.3 is 5.73 Å². The van der Waals surface area contributed by atoms with Crippen LogP contribution < -0.4 is 5.73 Å². The largest absolute Gasteiger partial charge is 0.392 e. The summed E-state index contributed by atoms with van der Waals surface area (Å²) in [6, 6.07) is 0.284. The molecule has 2 N–H and O–H groups in total. The van der Waals surface area contributed by atoms with E-state index in [0.29, 0.717) is 4.99 Å². The molecule has 0 amide bonds. The van der Waals surface area contributed by atoms with Gasteiger partial charge in [-0.15, -0.1) is 0 Å². The molecule has 3 heteroatoms. The third kappa shape index (κ3) is 4.02. The highest BCUT2D eigenvalue weighted by molar-refractivity contribution is 7.80. The Morgan fingerprint density at radius 2 is 2.08 bits per heavy atom. The fraction of sp³-hybridized carbons (Fsp3) is 0.889. The minimum atomic E-state index is 0.284. The average Bonchev–Trinajstić information content (AvgIpc) is 2.01. The van der Waals surface area contributed by atoms with E-state index in [0.717, 1.165) is 13.0 Å². The minimum absolute atomic E-state index is 0.284. The zero-order valence-electron chi connectivity index (χ0n) is 8.34. The first-order chi connectivity index (χ1) is 5.63. The first-order valence-electron chi connectivity index (χ1n) is 4.63. The second-order valence-corrected chi connectivity index (χ2v) is 3.63. The van der Waals surface area contributed by atoms with Crippen LogP contribution in [-0.4, -0.2) is 29.5 Å². The van der Waals surface area contributed by atoms with Gasteiger partial charge in [0.05, 0.1) is 11.0 Å². The number of rotatable bonds is 6. The summed E-state index contributed by atoms with van der Waals surface area (Å²) >= 11 is 4.98. The maximum absolute atomic E-state index is 5.61. The Kier molecular flexibility index (Phi) is 6.30. The van der Waals surface area contributed by atoms with E-state index in [9.17, 15) is 0 Å². The number of hydrogen-bond donors (Lipinski definition) is 1. The summed E-state index contributed by atoms with van der Waals surface area (Å²) in [6.45, 7) is 5.40. The van der Waals surface area contributed by atoms with E-state index in [1.54, 1.807) is 0 Å². The van der Waals surface area contributed by atoms with Crippen LogP contribution in [0.2, 0.25) is 0 Å². The molecule has 12 heavy (non-hydrogen) atoms. The molecule has 0 aromatic carbocycles. The molecule has 0 fully saturated rings. The molecule has 0 spiro atoms. The minimum Gasteiger partial charge on any atom is -0.392 e. The van der Waals surface area contributed by atoms with Crippen molar-refractivity contribution >= 4 is 17.2 Å². The van der Waals surface area contributed by atoms with Gasteiger partial charge >= 0.3 is 0 Å². The van der Waals surface area contributed by atoms with E-state index >= 15 is 0 Å². The molecule has 0 aromatic rings. The van der Waals surface area contributed by atoms with Gasteiger partial charge in [-0.1, -0.05) is 32.5 Å². The predicted molar refractivity (Wildman–Crippen MR) is 58.4 cm³/mol. The van der Waals surface area contributed by atoms with Crippen LogP contribution in [0.3, 0.4) is 0 Å². The highest BCUT2D eigenvalue weighted by Crippen LogP contribution is 2.03. The third-order valence-electron chi connectivity index (χ3n) is 2.11. The van der Waals surface area contributed by atoms with Crippen LogP contribution in [-0.2, 0) is 0 Å². The Bertz CT molecular complexity index is 136. The van der Waals surface area contributed by atoms with E-state index in [-0.39, 0.29) is 6.04 Å². The van der Waals surface area contributed by atoms with Crippen LogP contribution in [0.1, 0.15) is 33.1 Å². The molecule has 0 aromatic heterocycles. The Labute approximate surface area is 81.1 Å². The second kappa shape index (κ2) is 6.38. The first-order valence-corrected chi connectivity index (χ1v) is 5.03. The lowest BCUT2D eigenvalue weighted by Crippen LogP contribution is -2.41. The Morgan fingerprint density at radius 3 is 2.42 bits per heavy atom. The van der Waals surface area contributed by atoms with Gasteiger partial charge in [-0.2, -0.15) is 0 Å². The fourth-order valence-electron chi connectivity index (χ4n) is 1.29. The van der Waals surface area contributed by atoms with E-state index in [1.165, 1.54) is 12.8 Å². The maximum Gasteiger partial charge on any atom is 0.0901 e. The molecule has 0 aliphatic heterocycles. The molecule has 72 valence electrons. The quantitative estimate of drug-likeness (QED) is 0.644. The molecule has 0 rings (SSSR count). The monoisotopic (exact) mass is 188 g/mol. The first kappa shape index (κ1) is 11.8. The van der Waals surface area contributed by atoms with Crippen molar-refractivity contribution in [2.24, 2.45) is 5.73 Å². The van der Waals surface area contributed by atoms with Crippen molar-refractivity contribution < 1.29 is 0 Å². The van der Waals surface area contributed by atoms with Gasteiger partial charge in [0.25, 0.3) is 0 Å². The van der Waals surface area contributed by atoms with Crippen LogP contribution >= 0.6 is 12.2 Å². The fourth-order valence-corrected chi connectivity index (χ4v) is 1.64. The summed E-state index contributed by atoms with van der Waals surface area (Å²) in [5.74, 6) is 0. The highest BCUT2D eigenvalue weighted by Gasteiger charge is 2.13. The van der Waals surface area contributed by atoms with Gasteiger partial charge in [-0.3, -0.25) is 4.90 Å². The molecule has 1 atom stereocenters. The normalized spacial score (nSPS) is 13.3. The van der Waals surface area contributed by atoms with Crippen molar-refractivity contribution in [2.75, 3.05) is 13.6 Å². The SMILES string of the molecule is CCCCN(C)C(CC)C(N)=S. The van der Waals surface area contributed by atoms with Crippen LogP contribution in [0.4, 0.5) is 0 Å². The summed E-state index contributed by atoms with van der Waals surface area (Å²) in [5, 5.41) is 0. The summed E-state index contributed by atoms with van der Waals surface area (Å²) in [4.78, 5) is 2.86. The van der Waals surface area contributed by atoms with E-state index in [1.807, 2.05) is 0 Å². The van der Waals surface area contributed by atoms with Crippen LogP contribution in [0, 0.1) is 0 Å². The van der Waals surface area contributed by atoms with Crippen LogP contribution in [0.5, 0.6) is 0 Å². The van der Waals surface area contributed by atoms with Crippen LogP contribution in [0.25, 0.3) is 0 Å². The van der Waals surface area contributed by atoms with Crippen molar-refractivity contribution in [1.29, 1.82) is 0 Å². The molecule has 0 bridgehead atoms. The molecule has 0 heterocycles. The Hall–Kier alpha value is -0.150. The van der Waals surface area contributed by atoms with Gasteiger partial charge in [-0.05, 0) is 26.4 Å². The Balaban J connectivity index is 3.85. The number of thiocarbonyl (C=S) groups is 1. The molecule has 0 aliphatic rings. The van der Waals surface area contributed by atoms with Gasteiger partial charge in [0, 0.05) is 0 Å². The van der Waals surface area contributed by atoms with E-state index in [2.05, 4.69) is 25.8 Å². The lowest BCUT2D eigenvalue weighted by molar-refractivity contribution is 0.287. The van der Waals surface area contributed by atoms with Gasteiger partial charge in [-0.25, -0.2) is 0 Å². The molecule has 0 saturated carbocycles. The molecular formula is C9H20N2S. The summed E-state index contributed by atoms with van der Waals surface area (Å²) in [6.07, 6.45) is 3.45. The Morgan fingerprint density at radius 1 is 1.50 bits per heavy atom. The number of likely N-dealkylation sites (N-methyl/N-ethyl adjacent to an activating group) is 1. The zero-order valence-corrected chi connectivity index (χ0v) is 9.16. The third-order valence-corrected chi connectivity index (χ3v) is 2.38. The number of unbranched alkanes of at least 4 members (excludes halogenated alkanes) is 1. The van der Waals surface area contributed by atoms with Crippen LogP contribution in [0.15, 0.2) is 0 Å². The molecule has 1 unspecified atom stereocenters. The van der Waals surface area contributed by atoms with Gasteiger partial charge in [0.2, 0.25) is 0 Å². The van der Waals surface area contributed by atoms with Crippen molar-refractivity contribution in [3.63, 3.8) is 0 Å². The van der Waals surface area contributed by atoms with Crippen molar-refractivity contribution in [1.82, 2.24) is 4.90 Å². The van der Waals surface area contributed by atoms with Crippen molar-refractivity contribution in [2.45, 2.75) is 39.2 Å². The topological polar surface area (TPSA) is 29.3 Å². The number of nitrogens with two attached hydrogens (primary N) is 1. The second-order valence-electron chi connectivity index (χ2n) is 3.16. The van der Waals surface area contributed by atoms with Crippen molar-refractivity contribution in [3.8, 4) is 0 Å². The molecule has 2 nitrogen and oxygen atoms in total. The highest BCUT2D eigenvalue weighted by atomic mass is 32.1. The lowest BCUT2D eigenvalue weighted by atomic mass is 10.2. The van der Waals surface area contributed by atoms with E-state index < -0.39 is 0 Å². The average molecular weight is 188 g/mol. The molecule has 0 aliphatic carbocycles. The van der Waals surface area contributed by atoms with Crippen molar-refractivity contribution in [3.05, 3.63) is 0 Å². The van der Waals surface area contributed by atoms with Gasteiger partial charge in [0.15, 0.2) is 0 Å². The molecule has 0 saturated heterocycles. The maximum atomic E-state index is 5.61. The van der Waals surface area contributed by atoms with Gasteiger partial charge in [0.1, 0.15) is 0 Å². The molecule has 0 radical (unpaired) electrons. The number of nitrogens with zero attached hydrogens (tertiary/aromatic N) is 1. The summed E-state index contributed by atoms with van der Waals surface area (Å²) < 4.78 is 0. The smallest absolute Gasteiger partial charge is 0.0901 e. The standard InChI is InChI=1S/C9H20N2S/c1-4-6-7-11(3)8(5-2)9(10)12/h8H,4-7H2,1-3H3,(H2,10,12). The lowest BCUT2D eigenvalue weighted by Gasteiger charge is -2.25. The number of hydrogen-bond acceptors (Lipinski definition) is 2.